The zero-order valence-corrected chi connectivity index (χ0v) is 13.7. The molecule has 4 rings (SSSR count). The minimum absolute atomic E-state index is 0.221. The number of fused-ring (bicyclic) bond motifs is 1. The van der Waals surface area contributed by atoms with Gasteiger partial charge in [-0.05, 0) is 5.56 Å². The van der Waals surface area contributed by atoms with Gasteiger partial charge in [-0.15, -0.1) is 0 Å². The highest BCUT2D eigenvalue weighted by molar-refractivity contribution is 5.98. The second-order valence-electron chi connectivity index (χ2n) is 5.88. The van der Waals surface area contributed by atoms with Crippen molar-refractivity contribution in [1.29, 1.82) is 0 Å². The maximum absolute atomic E-state index is 12.8. The van der Waals surface area contributed by atoms with Gasteiger partial charge >= 0.3 is 5.97 Å². The van der Waals surface area contributed by atoms with Crippen LogP contribution >= 0.6 is 0 Å². The third-order valence-corrected chi connectivity index (χ3v) is 4.12. The second kappa shape index (κ2) is 6.81. The van der Waals surface area contributed by atoms with Crippen LogP contribution in [0.1, 0.15) is 22.3 Å². The van der Waals surface area contributed by atoms with Crippen LogP contribution in [-0.2, 0) is 17.9 Å². The zero-order valence-electron chi connectivity index (χ0n) is 13.7. The highest BCUT2D eigenvalue weighted by Gasteiger charge is 2.29. The van der Waals surface area contributed by atoms with E-state index in [1.54, 1.807) is 4.68 Å². The minimum atomic E-state index is -0.411. The molecule has 0 fully saturated rings. The molecule has 0 aliphatic carbocycles. The molecule has 5 nitrogen and oxygen atoms in total. The normalized spacial score (nSPS) is 13.0. The van der Waals surface area contributed by atoms with E-state index in [1.165, 1.54) is 0 Å². The van der Waals surface area contributed by atoms with Crippen molar-refractivity contribution >= 4 is 5.97 Å². The molecule has 0 radical (unpaired) electrons. The Morgan fingerprint density at radius 1 is 1.08 bits per heavy atom. The third kappa shape index (κ3) is 3.13. The van der Waals surface area contributed by atoms with Gasteiger partial charge in [0.1, 0.15) is 17.9 Å². The van der Waals surface area contributed by atoms with Crippen LogP contribution in [0.5, 0.6) is 5.88 Å². The van der Waals surface area contributed by atoms with Gasteiger partial charge in [0, 0.05) is 18.5 Å². The summed E-state index contributed by atoms with van der Waals surface area (Å²) in [5.41, 5.74) is 2.83. The first-order valence-corrected chi connectivity index (χ1v) is 8.33. The molecule has 0 unspecified atom stereocenters. The quantitative estimate of drug-likeness (QED) is 0.683. The van der Waals surface area contributed by atoms with Gasteiger partial charge in [-0.1, -0.05) is 60.7 Å². The number of aromatic nitrogens is 2. The molecule has 1 aliphatic heterocycles. The van der Waals surface area contributed by atoms with Gasteiger partial charge < -0.3 is 9.47 Å². The number of ether oxygens (including phenoxy) is 2. The summed E-state index contributed by atoms with van der Waals surface area (Å²) in [5.74, 6) is 0.0917. The lowest BCUT2D eigenvalue weighted by molar-refractivity contribution is 0.0467. The average molecular weight is 334 g/mol. The Balaban J connectivity index is 1.67. The van der Waals surface area contributed by atoms with E-state index >= 15 is 0 Å². The van der Waals surface area contributed by atoms with Gasteiger partial charge in [0.25, 0.3) is 0 Å². The maximum Gasteiger partial charge on any atom is 0.346 e. The van der Waals surface area contributed by atoms with E-state index in [1.807, 2.05) is 60.7 Å². The van der Waals surface area contributed by atoms with Crippen molar-refractivity contribution in [2.24, 2.45) is 0 Å². The summed E-state index contributed by atoms with van der Waals surface area (Å²) >= 11 is 0. The molecule has 0 saturated carbocycles. The summed E-state index contributed by atoms with van der Waals surface area (Å²) in [6.07, 6.45) is 0.876. The first-order chi connectivity index (χ1) is 12.3. The fraction of sp³-hybridized carbons (Fsp3) is 0.200. The molecule has 0 spiro atoms. The summed E-state index contributed by atoms with van der Waals surface area (Å²) in [6.45, 7) is 1.54. The van der Waals surface area contributed by atoms with Crippen LogP contribution < -0.4 is 4.74 Å². The van der Waals surface area contributed by atoms with Crippen LogP contribution in [0.15, 0.2) is 60.7 Å². The number of aryl methyl sites for hydroxylation is 1. The van der Waals surface area contributed by atoms with Gasteiger partial charge in [0.05, 0.1) is 6.61 Å². The van der Waals surface area contributed by atoms with Crippen LogP contribution in [-0.4, -0.2) is 22.4 Å². The first-order valence-electron chi connectivity index (χ1n) is 8.33. The lowest BCUT2D eigenvalue weighted by atomic mass is 10.1. The highest BCUT2D eigenvalue weighted by Crippen LogP contribution is 2.33. The summed E-state index contributed by atoms with van der Waals surface area (Å²) < 4.78 is 13.0. The van der Waals surface area contributed by atoms with E-state index in [0.29, 0.717) is 23.7 Å². The number of hydrogen-bond acceptors (Lipinski definition) is 4. The third-order valence-electron chi connectivity index (χ3n) is 4.12. The Morgan fingerprint density at radius 3 is 2.56 bits per heavy atom. The van der Waals surface area contributed by atoms with Crippen molar-refractivity contribution in [3.8, 4) is 17.1 Å². The molecule has 2 heterocycles. The molecule has 126 valence electrons. The van der Waals surface area contributed by atoms with Gasteiger partial charge in [0.2, 0.25) is 5.88 Å². The molecule has 25 heavy (non-hydrogen) atoms. The molecule has 3 aromatic rings. The summed E-state index contributed by atoms with van der Waals surface area (Å²) in [5, 5.41) is 4.59. The highest BCUT2D eigenvalue weighted by atomic mass is 16.5. The van der Waals surface area contributed by atoms with Gasteiger partial charge in [-0.3, -0.25) is 0 Å². The molecular weight excluding hydrogens is 316 g/mol. The molecule has 0 saturated heterocycles. The predicted octanol–water partition coefficient (Wildman–Crippen LogP) is 3.69. The minimum Gasteiger partial charge on any atom is -0.477 e. The maximum atomic E-state index is 12.8. The lowest BCUT2D eigenvalue weighted by Crippen LogP contribution is -2.16. The molecule has 0 N–H and O–H groups in total. The largest absolute Gasteiger partial charge is 0.477 e. The van der Waals surface area contributed by atoms with Crippen LogP contribution in [0.2, 0.25) is 0 Å². The number of nitrogens with zero attached hydrogens (tertiary/aromatic N) is 2. The Morgan fingerprint density at radius 2 is 1.80 bits per heavy atom. The zero-order chi connectivity index (χ0) is 17.1. The van der Waals surface area contributed by atoms with E-state index in [0.717, 1.165) is 24.1 Å². The fourth-order valence-electron chi connectivity index (χ4n) is 2.91. The van der Waals surface area contributed by atoms with E-state index in [-0.39, 0.29) is 6.61 Å². The molecular formula is C20H18N2O3. The van der Waals surface area contributed by atoms with Gasteiger partial charge in [-0.2, -0.15) is 5.10 Å². The van der Waals surface area contributed by atoms with Crippen molar-refractivity contribution < 1.29 is 14.3 Å². The smallest absolute Gasteiger partial charge is 0.346 e. The van der Waals surface area contributed by atoms with Crippen LogP contribution in [0.25, 0.3) is 11.3 Å². The first kappa shape index (κ1) is 15.4. The summed E-state index contributed by atoms with van der Waals surface area (Å²) in [7, 11) is 0. The Bertz CT molecular complexity index is 873. The van der Waals surface area contributed by atoms with Gasteiger partial charge in [0.15, 0.2) is 0 Å². The van der Waals surface area contributed by atoms with Crippen molar-refractivity contribution in [3.05, 3.63) is 71.8 Å². The lowest BCUT2D eigenvalue weighted by Gasteiger charge is -2.15. The van der Waals surface area contributed by atoms with Crippen molar-refractivity contribution in [2.75, 3.05) is 6.61 Å². The van der Waals surface area contributed by atoms with E-state index in [9.17, 15) is 4.79 Å². The van der Waals surface area contributed by atoms with Crippen LogP contribution in [0, 0.1) is 0 Å². The number of rotatable bonds is 4. The standard InChI is InChI=1S/C20H18N2O3/c23-20(25-14-15-8-3-1-4-9-15)17-18(16-10-5-2-6-11-16)21-22-12-7-13-24-19(17)22/h1-6,8-11H,7,12-14H2. The number of carbonyl (C=O) groups is 1. The predicted molar refractivity (Wildman–Crippen MR) is 93.3 cm³/mol. The van der Waals surface area contributed by atoms with Gasteiger partial charge in [-0.25, -0.2) is 9.48 Å². The molecule has 5 heteroatoms. The second-order valence-corrected chi connectivity index (χ2v) is 5.88. The number of esters is 1. The topological polar surface area (TPSA) is 53.3 Å². The van der Waals surface area contributed by atoms with E-state index in [4.69, 9.17) is 9.47 Å². The number of carbonyl (C=O) groups excluding carboxylic acids is 1. The monoisotopic (exact) mass is 334 g/mol. The fourth-order valence-corrected chi connectivity index (χ4v) is 2.91. The SMILES string of the molecule is O=C(OCc1ccccc1)c1c(-c2ccccc2)nn2c1OCCC2. The van der Waals surface area contributed by atoms with Crippen LogP contribution in [0.4, 0.5) is 0 Å². The van der Waals surface area contributed by atoms with Crippen molar-refractivity contribution in [3.63, 3.8) is 0 Å². The Labute approximate surface area is 145 Å². The molecule has 0 atom stereocenters. The van der Waals surface area contributed by atoms with E-state index < -0.39 is 5.97 Å². The average Bonchev–Trinajstić information content (AvgIpc) is 3.07. The molecule has 2 aromatic carbocycles. The Kier molecular flexibility index (Phi) is 4.21. The van der Waals surface area contributed by atoms with Crippen molar-refractivity contribution in [2.45, 2.75) is 19.6 Å². The molecule has 0 amide bonds. The molecule has 1 aromatic heterocycles. The Hall–Kier alpha value is -3.08. The van der Waals surface area contributed by atoms with E-state index in [2.05, 4.69) is 5.10 Å². The number of hydrogen-bond donors (Lipinski definition) is 0. The van der Waals surface area contributed by atoms with Crippen molar-refractivity contribution in [1.82, 2.24) is 9.78 Å². The number of benzene rings is 2. The molecule has 0 bridgehead atoms. The summed E-state index contributed by atoms with van der Waals surface area (Å²) in [4.78, 5) is 12.8. The summed E-state index contributed by atoms with van der Waals surface area (Å²) in [6, 6.07) is 19.3. The van der Waals surface area contributed by atoms with Crippen LogP contribution in [0.3, 0.4) is 0 Å². The molecule has 1 aliphatic rings.